The molecule has 0 bridgehead atoms. The van der Waals surface area contributed by atoms with Gasteiger partial charge in [0.25, 0.3) is 0 Å². The number of aromatic nitrogens is 2. The summed E-state index contributed by atoms with van der Waals surface area (Å²) < 4.78 is 11.7. The highest BCUT2D eigenvalue weighted by Gasteiger charge is 2.30. The van der Waals surface area contributed by atoms with Crippen LogP contribution in [0.3, 0.4) is 0 Å². The Bertz CT molecular complexity index is 813. The number of likely N-dealkylation sites (tertiary alicyclic amines) is 1. The normalized spacial score (nSPS) is 19.1. The van der Waals surface area contributed by atoms with E-state index in [1.54, 1.807) is 13.1 Å². The Hall–Kier alpha value is -1.57. The molecule has 0 unspecified atom stereocenters. The number of hydrogen-bond acceptors (Lipinski definition) is 6. The molecule has 2 aromatic heterocycles. The number of halogens is 1. The Morgan fingerprint density at radius 2 is 1.93 bits per heavy atom. The first-order chi connectivity index (χ1) is 13.6. The number of rotatable bonds is 4. The predicted molar refractivity (Wildman–Crippen MR) is 107 cm³/mol. The van der Waals surface area contributed by atoms with Crippen LogP contribution >= 0.6 is 23.4 Å². The maximum atomic E-state index is 11.6. The van der Waals surface area contributed by atoms with Crippen LogP contribution in [0.4, 0.5) is 0 Å². The molecule has 0 saturated carbocycles. The molecule has 28 heavy (non-hydrogen) atoms. The molecule has 0 N–H and O–H groups in total. The van der Waals surface area contributed by atoms with Gasteiger partial charge < -0.3 is 14.1 Å². The van der Waals surface area contributed by atoms with E-state index >= 15 is 0 Å². The van der Waals surface area contributed by atoms with E-state index < -0.39 is 0 Å². The van der Waals surface area contributed by atoms with Gasteiger partial charge in [0.2, 0.25) is 5.91 Å². The van der Waals surface area contributed by atoms with Gasteiger partial charge in [-0.25, -0.2) is 9.97 Å². The molecule has 0 atom stereocenters. The van der Waals surface area contributed by atoms with Gasteiger partial charge in [-0.3, -0.25) is 4.79 Å². The van der Waals surface area contributed by atoms with E-state index in [0.29, 0.717) is 16.9 Å². The van der Waals surface area contributed by atoms with Crippen LogP contribution in [0.25, 0.3) is 0 Å². The second-order valence-electron chi connectivity index (χ2n) is 7.31. The van der Waals surface area contributed by atoms with Crippen LogP contribution in [0.15, 0.2) is 32.9 Å². The number of amides is 1. The van der Waals surface area contributed by atoms with Crippen molar-refractivity contribution in [2.75, 3.05) is 26.3 Å². The summed E-state index contributed by atoms with van der Waals surface area (Å²) in [5, 5.41) is 2.26. The van der Waals surface area contributed by atoms with Crippen LogP contribution in [0.2, 0.25) is 5.02 Å². The first-order valence-corrected chi connectivity index (χ1v) is 10.9. The largest absolute Gasteiger partial charge is 0.433 e. The molecule has 6 nitrogen and oxygen atoms in total. The number of nitrogens with zero attached hydrogens (tertiary/aromatic N) is 3. The zero-order chi connectivity index (χ0) is 19.5. The lowest BCUT2D eigenvalue weighted by molar-refractivity contribution is -0.129. The maximum absolute atomic E-state index is 11.6. The van der Waals surface area contributed by atoms with Crippen molar-refractivity contribution in [3.63, 3.8) is 0 Å². The molecule has 2 fully saturated rings. The van der Waals surface area contributed by atoms with Crippen molar-refractivity contribution in [1.29, 1.82) is 0 Å². The van der Waals surface area contributed by atoms with Crippen molar-refractivity contribution in [3.8, 4) is 0 Å². The summed E-state index contributed by atoms with van der Waals surface area (Å²) in [6, 6.07) is 3.73. The first kappa shape index (κ1) is 19.7. The van der Waals surface area contributed by atoms with E-state index in [1.807, 2.05) is 17.0 Å². The van der Waals surface area contributed by atoms with Gasteiger partial charge in [-0.15, -0.1) is 0 Å². The van der Waals surface area contributed by atoms with Crippen molar-refractivity contribution in [1.82, 2.24) is 14.9 Å². The number of hydrogen-bond donors (Lipinski definition) is 0. The number of piperidine rings is 1. The van der Waals surface area contributed by atoms with Gasteiger partial charge >= 0.3 is 0 Å². The Kier molecular flexibility index (Phi) is 6.23. The second kappa shape index (κ2) is 8.84. The van der Waals surface area contributed by atoms with Crippen molar-refractivity contribution in [2.45, 2.75) is 54.6 Å². The minimum atomic E-state index is 0.140. The van der Waals surface area contributed by atoms with Gasteiger partial charge in [-0.1, -0.05) is 11.6 Å². The van der Waals surface area contributed by atoms with E-state index in [2.05, 4.69) is 4.98 Å². The highest BCUT2D eigenvalue weighted by atomic mass is 35.5. The molecule has 2 saturated heterocycles. The molecule has 0 spiro atoms. The number of carbonyl (C=O) groups excluding carboxylic acids is 1. The van der Waals surface area contributed by atoms with Gasteiger partial charge in [0, 0.05) is 51.3 Å². The van der Waals surface area contributed by atoms with Crippen LogP contribution in [0, 0.1) is 0 Å². The van der Waals surface area contributed by atoms with Gasteiger partial charge in [0.1, 0.15) is 5.03 Å². The molecule has 8 heteroatoms. The minimum absolute atomic E-state index is 0.140. The zero-order valence-electron chi connectivity index (χ0n) is 15.9. The third-order valence-corrected chi connectivity index (χ3v) is 6.58. The molecule has 4 rings (SSSR count). The molecular weight excluding hydrogens is 398 g/mol. The molecular formula is C20H24ClN3O3S. The fraction of sp³-hybridized carbons (Fsp3) is 0.550. The van der Waals surface area contributed by atoms with E-state index in [0.717, 1.165) is 73.7 Å². The molecule has 4 heterocycles. The Balaban J connectivity index is 1.58. The van der Waals surface area contributed by atoms with Crippen LogP contribution in [-0.4, -0.2) is 47.1 Å². The summed E-state index contributed by atoms with van der Waals surface area (Å²) in [5.74, 6) is 1.55. The van der Waals surface area contributed by atoms with Crippen LogP contribution in [0.1, 0.15) is 56.0 Å². The van der Waals surface area contributed by atoms with Gasteiger partial charge in [0.05, 0.1) is 10.7 Å². The third kappa shape index (κ3) is 4.53. The minimum Gasteiger partial charge on any atom is -0.433 e. The van der Waals surface area contributed by atoms with E-state index in [1.165, 1.54) is 11.8 Å². The highest BCUT2D eigenvalue weighted by molar-refractivity contribution is 7.99. The van der Waals surface area contributed by atoms with Crippen LogP contribution in [-0.2, 0) is 9.53 Å². The maximum Gasteiger partial charge on any atom is 0.219 e. The number of carbonyl (C=O) groups is 1. The molecule has 2 aliphatic rings. The molecule has 150 valence electrons. The second-order valence-corrected chi connectivity index (χ2v) is 8.74. The highest BCUT2D eigenvalue weighted by Crippen LogP contribution is 2.40. The van der Waals surface area contributed by atoms with Crippen LogP contribution < -0.4 is 0 Å². The van der Waals surface area contributed by atoms with Gasteiger partial charge in [-0.05, 0) is 49.6 Å². The number of ether oxygens (including phenoxy) is 1. The van der Waals surface area contributed by atoms with Crippen molar-refractivity contribution in [3.05, 3.63) is 34.9 Å². The fourth-order valence-electron chi connectivity index (χ4n) is 3.77. The summed E-state index contributed by atoms with van der Waals surface area (Å²) in [6.45, 7) is 4.67. The Morgan fingerprint density at radius 3 is 2.57 bits per heavy atom. The molecule has 0 aromatic carbocycles. The number of oxazole rings is 1. The molecule has 2 aromatic rings. The summed E-state index contributed by atoms with van der Waals surface area (Å²) in [7, 11) is 0. The Labute approximate surface area is 174 Å². The zero-order valence-corrected chi connectivity index (χ0v) is 17.5. The monoisotopic (exact) mass is 421 g/mol. The standard InChI is InChI=1S/C20H24ClN3O3S/c1-13(25)24-8-4-14(5-9-24)18-20(28-17-3-2-16(21)12-22-17)27-19(23-18)15-6-10-26-11-7-15/h2-3,12,14-15H,4-11H2,1H3. The van der Waals surface area contributed by atoms with E-state index in [-0.39, 0.29) is 5.91 Å². The lowest BCUT2D eigenvalue weighted by Gasteiger charge is -2.30. The van der Waals surface area contributed by atoms with Crippen LogP contribution in [0.5, 0.6) is 0 Å². The van der Waals surface area contributed by atoms with Gasteiger partial charge in [0.15, 0.2) is 11.0 Å². The molecule has 0 aliphatic carbocycles. The average molecular weight is 422 g/mol. The SMILES string of the molecule is CC(=O)N1CCC(c2nc(C3CCOCC3)oc2Sc2ccc(Cl)cn2)CC1. The smallest absolute Gasteiger partial charge is 0.219 e. The average Bonchev–Trinajstić information content (AvgIpc) is 3.14. The van der Waals surface area contributed by atoms with E-state index in [9.17, 15) is 4.79 Å². The quantitative estimate of drug-likeness (QED) is 0.724. The predicted octanol–water partition coefficient (Wildman–Crippen LogP) is 4.49. The molecule has 1 amide bonds. The Morgan fingerprint density at radius 1 is 1.18 bits per heavy atom. The van der Waals surface area contributed by atoms with Crippen molar-refractivity contribution >= 4 is 29.3 Å². The summed E-state index contributed by atoms with van der Waals surface area (Å²) >= 11 is 7.46. The summed E-state index contributed by atoms with van der Waals surface area (Å²) in [4.78, 5) is 22.9. The lowest BCUT2D eigenvalue weighted by atomic mass is 9.94. The van der Waals surface area contributed by atoms with Gasteiger partial charge in [-0.2, -0.15) is 0 Å². The first-order valence-electron chi connectivity index (χ1n) is 9.73. The lowest BCUT2D eigenvalue weighted by Crippen LogP contribution is -2.36. The van der Waals surface area contributed by atoms with Crippen molar-refractivity contribution in [2.24, 2.45) is 0 Å². The molecule has 0 radical (unpaired) electrons. The third-order valence-electron chi connectivity index (χ3n) is 5.43. The number of pyridine rings is 1. The van der Waals surface area contributed by atoms with Crippen molar-refractivity contribution < 1.29 is 13.9 Å². The molecule has 2 aliphatic heterocycles. The summed E-state index contributed by atoms with van der Waals surface area (Å²) in [6.07, 6.45) is 5.32. The topological polar surface area (TPSA) is 68.5 Å². The fourth-order valence-corrected chi connectivity index (χ4v) is 4.76. The van der Waals surface area contributed by atoms with E-state index in [4.69, 9.17) is 25.7 Å². The summed E-state index contributed by atoms with van der Waals surface area (Å²) in [5.41, 5.74) is 1.01.